The van der Waals surface area contributed by atoms with Gasteiger partial charge < -0.3 is 9.64 Å². The van der Waals surface area contributed by atoms with Crippen LogP contribution in [0.3, 0.4) is 0 Å². The second-order valence-electron chi connectivity index (χ2n) is 3.20. The molecular weight excluding hydrogens is 312 g/mol. The molecule has 76 valence electrons. The normalized spacial score (nSPS) is 17.1. The average molecular weight is 324 g/mol. The van der Waals surface area contributed by atoms with E-state index < -0.39 is 0 Å². The average Bonchev–Trinajstić information content (AvgIpc) is 2.23. The summed E-state index contributed by atoms with van der Waals surface area (Å²) in [6, 6.07) is 6.18. The molecule has 1 aliphatic rings. The Morgan fingerprint density at radius 1 is 1.29 bits per heavy atom. The van der Waals surface area contributed by atoms with Gasteiger partial charge in [0.05, 0.1) is 18.2 Å². The van der Waals surface area contributed by atoms with Crippen LogP contribution in [0.5, 0.6) is 0 Å². The van der Waals surface area contributed by atoms with Gasteiger partial charge in [-0.3, -0.25) is 0 Å². The lowest BCUT2D eigenvalue weighted by atomic mass is 10.2. The summed E-state index contributed by atoms with van der Waals surface area (Å²) >= 11 is 8.30. The third kappa shape index (κ3) is 2.32. The molecule has 1 fully saturated rings. The van der Waals surface area contributed by atoms with Gasteiger partial charge in [0.1, 0.15) is 0 Å². The van der Waals surface area contributed by atoms with Crippen molar-refractivity contribution in [3.05, 3.63) is 26.8 Å². The van der Waals surface area contributed by atoms with Gasteiger partial charge in [-0.2, -0.15) is 0 Å². The van der Waals surface area contributed by atoms with E-state index in [0.717, 1.165) is 34.9 Å². The summed E-state index contributed by atoms with van der Waals surface area (Å²) in [4.78, 5) is 2.30. The Morgan fingerprint density at radius 2 is 2.00 bits per heavy atom. The number of anilines is 1. The fraction of sp³-hybridized carbons (Fsp3) is 0.400. The van der Waals surface area contributed by atoms with E-state index in [0.29, 0.717) is 0 Å². The number of nitrogens with zero attached hydrogens (tertiary/aromatic N) is 1. The van der Waals surface area contributed by atoms with E-state index in [1.165, 1.54) is 5.69 Å². The van der Waals surface area contributed by atoms with Crippen molar-refractivity contribution in [3.63, 3.8) is 0 Å². The van der Waals surface area contributed by atoms with Crippen LogP contribution >= 0.6 is 34.2 Å². The van der Waals surface area contributed by atoms with Crippen LogP contribution in [-0.2, 0) is 4.74 Å². The second-order valence-corrected chi connectivity index (χ2v) is 4.77. The number of hydrogen-bond donors (Lipinski definition) is 0. The molecule has 1 aromatic rings. The molecule has 0 unspecified atom stereocenters. The summed E-state index contributed by atoms with van der Waals surface area (Å²) in [5.74, 6) is 0. The van der Waals surface area contributed by atoms with Gasteiger partial charge in [0.25, 0.3) is 0 Å². The molecule has 0 spiro atoms. The van der Waals surface area contributed by atoms with Gasteiger partial charge in [0.2, 0.25) is 0 Å². The van der Waals surface area contributed by atoms with Crippen molar-refractivity contribution < 1.29 is 4.74 Å². The maximum atomic E-state index is 6.07. The number of rotatable bonds is 1. The summed E-state index contributed by atoms with van der Waals surface area (Å²) < 4.78 is 6.40. The zero-order chi connectivity index (χ0) is 9.97. The molecule has 1 aromatic carbocycles. The lowest BCUT2D eigenvalue weighted by molar-refractivity contribution is 0.122. The zero-order valence-electron chi connectivity index (χ0n) is 7.67. The summed E-state index contributed by atoms with van der Waals surface area (Å²) in [6.45, 7) is 3.53. The lowest BCUT2D eigenvalue weighted by Crippen LogP contribution is -2.36. The standard InChI is InChI=1S/C10H11ClINO/c11-9-7-8(1-2-10(9)12)13-3-5-14-6-4-13/h1-2,7H,3-6H2. The Balaban J connectivity index is 2.18. The number of halogens is 2. The molecule has 0 radical (unpaired) electrons. The first-order valence-corrected chi connectivity index (χ1v) is 6.01. The first-order chi connectivity index (χ1) is 6.77. The molecule has 2 nitrogen and oxygen atoms in total. The molecule has 1 heterocycles. The number of morpholine rings is 1. The van der Waals surface area contributed by atoms with E-state index in [1.807, 2.05) is 12.1 Å². The summed E-state index contributed by atoms with van der Waals surface area (Å²) in [5.41, 5.74) is 1.19. The highest BCUT2D eigenvalue weighted by Crippen LogP contribution is 2.25. The minimum Gasteiger partial charge on any atom is -0.378 e. The van der Waals surface area contributed by atoms with Gasteiger partial charge in [-0.05, 0) is 40.8 Å². The lowest BCUT2D eigenvalue weighted by Gasteiger charge is -2.29. The van der Waals surface area contributed by atoms with Gasteiger partial charge in [0, 0.05) is 22.3 Å². The van der Waals surface area contributed by atoms with Gasteiger partial charge in [-0.25, -0.2) is 0 Å². The van der Waals surface area contributed by atoms with E-state index in [-0.39, 0.29) is 0 Å². The molecule has 14 heavy (non-hydrogen) atoms. The predicted molar refractivity (Wildman–Crippen MR) is 67.2 cm³/mol. The quantitative estimate of drug-likeness (QED) is 0.737. The molecule has 2 rings (SSSR count). The van der Waals surface area contributed by atoms with Gasteiger partial charge >= 0.3 is 0 Å². The van der Waals surface area contributed by atoms with E-state index in [1.54, 1.807) is 0 Å². The highest BCUT2D eigenvalue weighted by atomic mass is 127. The van der Waals surface area contributed by atoms with Crippen LogP contribution < -0.4 is 4.90 Å². The van der Waals surface area contributed by atoms with Crippen LogP contribution in [0.1, 0.15) is 0 Å². The fourth-order valence-electron chi connectivity index (χ4n) is 1.50. The number of hydrogen-bond acceptors (Lipinski definition) is 2. The molecule has 0 aromatic heterocycles. The summed E-state index contributed by atoms with van der Waals surface area (Å²) in [5, 5.41) is 0.828. The maximum absolute atomic E-state index is 6.07. The molecular formula is C10H11ClINO. The van der Waals surface area contributed by atoms with Crippen LogP contribution in [0.15, 0.2) is 18.2 Å². The van der Waals surface area contributed by atoms with Gasteiger partial charge in [-0.15, -0.1) is 0 Å². The fourth-order valence-corrected chi connectivity index (χ4v) is 2.01. The van der Waals surface area contributed by atoms with Crippen molar-refractivity contribution in [1.29, 1.82) is 0 Å². The maximum Gasteiger partial charge on any atom is 0.0642 e. The second kappa shape index (κ2) is 4.68. The highest BCUT2D eigenvalue weighted by molar-refractivity contribution is 14.1. The predicted octanol–water partition coefficient (Wildman–Crippen LogP) is 2.78. The first kappa shape index (κ1) is 10.5. The summed E-state index contributed by atoms with van der Waals surface area (Å²) in [7, 11) is 0. The van der Waals surface area contributed by atoms with Crippen molar-refractivity contribution in [2.24, 2.45) is 0 Å². The molecule has 0 bridgehead atoms. The molecule has 1 saturated heterocycles. The molecule has 0 N–H and O–H groups in total. The molecule has 0 atom stereocenters. The third-order valence-electron chi connectivity index (χ3n) is 2.28. The van der Waals surface area contributed by atoms with Crippen LogP contribution in [0.4, 0.5) is 5.69 Å². The Hall–Kier alpha value is -0.000000000000000111. The molecule has 0 amide bonds. The molecule has 0 saturated carbocycles. The van der Waals surface area contributed by atoms with Crippen molar-refractivity contribution in [2.45, 2.75) is 0 Å². The van der Waals surface area contributed by atoms with Gasteiger partial charge in [-0.1, -0.05) is 11.6 Å². The topological polar surface area (TPSA) is 12.5 Å². The smallest absolute Gasteiger partial charge is 0.0642 e. The molecule has 0 aliphatic carbocycles. The van der Waals surface area contributed by atoms with Crippen LogP contribution in [0.2, 0.25) is 5.02 Å². The van der Waals surface area contributed by atoms with Gasteiger partial charge in [0.15, 0.2) is 0 Å². The van der Waals surface area contributed by atoms with E-state index >= 15 is 0 Å². The van der Waals surface area contributed by atoms with E-state index in [4.69, 9.17) is 16.3 Å². The minimum atomic E-state index is 0.809. The summed E-state index contributed by atoms with van der Waals surface area (Å²) in [6.07, 6.45) is 0. The van der Waals surface area contributed by atoms with Crippen molar-refractivity contribution in [1.82, 2.24) is 0 Å². The Labute approximate surface area is 102 Å². The highest BCUT2D eigenvalue weighted by Gasteiger charge is 2.11. The van der Waals surface area contributed by atoms with Crippen molar-refractivity contribution in [3.8, 4) is 0 Å². The monoisotopic (exact) mass is 323 g/mol. The Kier molecular flexibility index (Phi) is 3.52. The van der Waals surface area contributed by atoms with Crippen LogP contribution in [-0.4, -0.2) is 26.3 Å². The zero-order valence-corrected chi connectivity index (χ0v) is 10.6. The van der Waals surface area contributed by atoms with Crippen LogP contribution in [0, 0.1) is 3.57 Å². The Bertz CT molecular complexity index is 326. The number of ether oxygens (including phenoxy) is 1. The minimum absolute atomic E-state index is 0.809. The number of benzene rings is 1. The molecule has 4 heteroatoms. The van der Waals surface area contributed by atoms with Crippen molar-refractivity contribution in [2.75, 3.05) is 31.2 Å². The third-order valence-corrected chi connectivity index (χ3v) is 3.85. The van der Waals surface area contributed by atoms with Crippen molar-refractivity contribution >= 4 is 39.9 Å². The van der Waals surface area contributed by atoms with Crippen LogP contribution in [0.25, 0.3) is 0 Å². The SMILES string of the molecule is Clc1cc(N2CCOCC2)ccc1I. The van der Waals surface area contributed by atoms with E-state index in [2.05, 4.69) is 33.6 Å². The van der Waals surface area contributed by atoms with E-state index in [9.17, 15) is 0 Å². The largest absolute Gasteiger partial charge is 0.378 e. The Morgan fingerprint density at radius 3 is 2.64 bits per heavy atom. The first-order valence-electron chi connectivity index (χ1n) is 4.55. The molecule has 1 aliphatic heterocycles.